The molecule has 0 radical (unpaired) electrons. The van der Waals surface area contributed by atoms with E-state index in [1.807, 2.05) is 18.2 Å². The molecule has 1 aromatic heterocycles. The summed E-state index contributed by atoms with van der Waals surface area (Å²) in [4.78, 5) is 12.2. The van der Waals surface area contributed by atoms with E-state index in [9.17, 15) is 25.2 Å². The number of carbonyl (C=O) groups is 1. The Morgan fingerprint density at radius 3 is 2.42 bits per heavy atom. The summed E-state index contributed by atoms with van der Waals surface area (Å²) >= 11 is 1.66. The smallest absolute Gasteiger partial charge is 0.330 e. The van der Waals surface area contributed by atoms with E-state index in [1.165, 1.54) is 5.56 Å². The molecule has 0 bridgehead atoms. The topological polar surface area (TPSA) is 116 Å². The standard InChI is InChI=1S/C28H34O7S/c1-3-18-7-9-19(10-8-18)26-14-20-11-12-21(15-27(20)36-26)35-17-25(32)24(31)16-23(30)22(29)6-5-13-34-28(33)4-2/h4,7-12,14-15,22-25,29-32H,2-3,5-6,13,16-17H2,1H3. The van der Waals surface area contributed by atoms with Crippen molar-refractivity contribution in [2.24, 2.45) is 0 Å². The molecule has 2 aromatic carbocycles. The summed E-state index contributed by atoms with van der Waals surface area (Å²) in [7, 11) is 0. The molecule has 194 valence electrons. The second kappa shape index (κ2) is 13.5. The molecular formula is C28H34O7S. The summed E-state index contributed by atoms with van der Waals surface area (Å²) in [6.07, 6.45) is -2.53. The zero-order valence-corrected chi connectivity index (χ0v) is 21.2. The fraction of sp³-hybridized carbons (Fsp3) is 0.393. The van der Waals surface area contributed by atoms with E-state index in [2.05, 4.69) is 43.8 Å². The van der Waals surface area contributed by atoms with Crippen LogP contribution in [0.15, 0.2) is 61.2 Å². The first kappa shape index (κ1) is 27.8. The Hall–Kier alpha value is -2.75. The highest BCUT2D eigenvalue weighted by Crippen LogP contribution is 2.35. The number of benzene rings is 2. The van der Waals surface area contributed by atoms with E-state index in [0.717, 1.165) is 33.0 Å². The number of hydrogen-bond donors (Lipinski definition) is 4. The number of carbonyl (C=O) groups excluding carboxylic acids is 1. The van der Waals surface area contributed by atoms with Crippen LogP contribution in [0.4, 0.5) is 0 Å². The Kier molecular flexibility index (Phi) is 10.5. The summed E-state index contributed by atoms with van der Waals surface area (Å²) in [5, 5.41) is 41.8. The number of rotatable bonds is 14. The predicted octanol–water partition coefficient (Wildman–Crippen LogP) is 3.85. The molecule has 8 heteroatoms. The average Bonchev–Trinajstić information content (AvgIpc) is 3.32. The van der Waals surface area contributed by atoms with Crippen molar-refractivity contribution in [3.63, 3.8) is 0 Å². The monoisotopic (exact) mass is 514 g/mol. The third-order valence-corrected chi connectivity index (χ3v) is 7.13. The highest BCUT2D eigenvalue weighted by molar-refractivity contribution is 7.22. The molecule has 4 unspecified atom stereocenters. The third-order valence-electron chi connectivity index (χ3n) is 5.99. The lowest BCUT2D eigenvalue weighted by Crippen LogP contribution is -2.38. The fourth-order valence-electron chi connectivity index (χ4n) is 3.72. The summed E-state index contributed by atoms with van der Waals surface area (Å²) in [5.74, 6) is 0.0158. The first-order valence-electron chi connectivity index (χ1n) is 12.1. The van der Waals surface area contributed by atoms with Gasteiger partial charge < -0.3 is 29.9 Å². The van der Waals surface area contributed by atoms with Gasteiger partial charge in [0.25, 0.3) is 0 Å². The van der Waals surface area contributed by atoms with Crippen LogP contribution in [0.2, 0.25) is 0 Å². The number of aliphatic hydroxyl groups is 4. The molecular weight excluding hydrogens is 480 g/mol. The highest BCUT2D eigenvalue weighted by atomic mass is 32.1. The molecule has 0 saturated heterocycles. The fourth-order valence-corrected chi connectivity index (χ4v) is 4.82. The van der Waals surface area contributed by atoms with Gasteiger partial charge in [0.05, 0.1) is 24.9 Å². The molecule has 3 aromatic rings. The number of esters is 1. The Labute approximate surface area is 215 Å². The Balaban J connectivity index is 1.48. The molecule has 0 aliphatic rings. The first-order valence-corrected chi connectivity index (χ1v) is 12.9. The van der Waals surface area contributed by atoms with Gasteiger partial charge in [-0.2, -0.15) is 0 Å². The lowest BCUT2D eigenvalue weighted by molar-refractivity contribution is -0.138. The van der Waals surface area contributed by atoms with Gasteiger partial charge >= 0.3 is 5.97 Å². The summed E-state index contributed by atoms with van der Waals surface area (Å²) in [5.41, 5.74) is 2.46. The van der Waals surface area contributed by atoms with Crippen LogP contribution in [-0.4, -0.2) is 64.0 Å². The van der Waals surface area contributed by atoms with Crippen LogP contribution in [0, 0.1) is 0 Å². The lowest BCUT2D eigenvalue weighted by Gasteiger charge is -2.23. The highest BCUT2D eigenvalue weighted by Gasteiger charge is 2.25. The van der Waals surface area contributed by atoms with Gasteiger partial charge in [0.2, 0.25) is 0 Å². The molecule has 4 N–H and O–H groups in total. The van der Waals surface area contributed by atoms with Crippen molar-refractivity contribution in [3.8, 4) is 16.2 Å². The molecule has 3 rings (SSSR count). The van der Waals surface area contributed by atoms with Gasteiger partial charge in [-0.25, -0.2) is 4.79 Å². The van der Waals surface area contributed by atoms with Crippen LogP contribution in [-0.2, 0) is 16.0 Å². The van der Waals surface area contributed by atoms with Crippen LogP contribution in [0.25, 0.3) is 20.5 Å². The summed E-state index contributed by atoms with van der Waals surface area (Å²) in [6, 6.07) is 16.3. The SMILES string of the molecule is C=CC(=O)OCCCC(O)C(O)CC(O)C(O)COc1ccc2cc(-c3ccc(CC)cc3)sc2c1. The van der Waals surface area contributed by atoms with Crippen molar-refractivity contribution >= 4 is 27.4 Å². The molecule has 1 heterocycles. The number of ether oxygens (including phenoxy) is 2. The molecule has 0 fully saturated rings. The van der Waals surface area contributed by atoms with Crippen molar-refractivity contribution in [2.45, 2.75) is 57.0 Å². The Bertz CT molecular complexity index is 1120. The number of thiophene rings is 1. The number of aliphatic hydroxyl groups excluding tert-OH is 4. The van der Waals surface area contributed by atoms with Crippen molar-refractivity contribution in [1.82, 2.24) is 0 Å². The van der Waals surface area contributed by atoms with Crippen LogP contribution < -0.4 is 4.74 Å². The quantitative estimate of drug-likeness (QED) is 0.147. The summed E-state index contributed by atoms with van der Waals surface area (Å²) in [6.45, 7) is 5.35. The van der Waals surface area contributed by atoms with E-state index in [1.54, 1.807) is 11.3 Å². The minimum absolute atomic E-state index is 0.0921. The molecule has 36 heavy (non-hydrogen) atoms. The molecule has 0 aliphatic carbocycles. The normalized spacial score (nSPS) is 14.7. The molecule has 0 spiro atoms. The minimum atomic E-state index is -1.28. The molecule has 0 saturated carbocycles. The van der Waals surface area contributed by atoms with Gasteiger partial charge in [0.1, 0.15) is 18.5 Å². The van der Waals surface area contributed by atoms with Crippen molar-refractivity contribution in [1.29, 1.82) is 0 Å². The van der Waals surface area contributed by atoms with Gasteiger partial charge in [-0.1, -0.05) is 37.8 Å². The Morgan fingerprint density at radius 2 is 1.72 bits per heavy atom. The van der Waals surface area contributed by atoms with E-state index >= 15 is 0 Å². The molecule has 0 aliphatic heterocycles. The van der Waals surface area contributed by atoms with Crippen molar-refractivity contribution < 1.29 is 34.7 Å². The minimum Gasteiger partial charge on any atom is -0.491 e. The first-order chi connectivity index (χ1) is 17.3. The van der Waals surface area contributed by atoms with Gasteiger partial charge in [-0.3, -0.25) is 0 Å². The van der Waals surface area contributed by atoms with Gasteiger partial charge in [0.15, 0.2) is 0 Å². The van der Waals surface area contributed by atoms with E-state index in [4.69, 9.17) is 9.47 Å². The molecule has 4 atom stereocenters. The number of hydrogen-bond acceptors (Lipinski definition) is 8. The average molecular weight is 515 g/mol. The Morgan fingerprint density at radius 1 is 1.00 bits per heavy atom. The number of aryl methyl sites for hydroxylation is 1. The maximum absolute atomic E-state index is 11.0. The maximum atomic E-state index is 11.0. The van der Waals surface area contributed by atoms with Crippen LogP contribution in [0.1, 0.15) is 31.7 Å². The van der Waals surface area contributed by atoms with Crippen molar-refractivity contribution in [2.75, 3.05) is 13.2 Å². The van der Waals surface area contributed by atoms with Gasteiger partial charge in [-0.15, -0.1) is 11.3 Å². The second-order valence-electron chi connectivity index (χ2n) is 8.69. The zero-order valence-electron chi connectivity index (χ0n) is 20.4. The second-order valence-corrected chi connectivity index (χ2v) is 9.77. The van der Waals surface area contributed by atoms with E-state index < -0.39 is 30.4 Å². The van der Waals surface area contributed by atoms with Crippen LogP contribution >= 0.6 is 11.3 Å². The van der Waals surface area contributed by atoms with Gasteiger partial charge in [-0.05, 0) is 60.0 Å². The number of fused-ring (bicyclic) bond motifs is 1. The van der Waals surface area contributed by atoms with Crippen molar-refractivity contribution in [3.05, 3.63) is 66.7 Å². The largest absolute Gasteiger partial charge is 0.491 e. The summed E-state index contributed by atoms with van der Waals surface area (Å²) < 4.78 is 11.6. The third kappa shape index (κ3) is 7.88. The zero-order chi connectivity index (χ0) is 26.1. The molecule has 0 amide bonds. The van der Waals surface area contributed by atoms with Crippen LogP contribution in [0.3, 0.4) is 0 Å². The van der Waals surface area contributed by atoms with Gasteiger partial charge in [0, 0.05) is 22.1 Å². The molecule has 7 nitrogen and oxygen atoms in total. The van der Waals surface area contributed by atoms with Crippen LogP contribution in [0.5, 0.6) is 5.75 Å². The predicted molar refractivity (Wildman–Crippen MR) is 141 cm³/mol. The van der Waals surface area contributed by atoms with E-state index in [-0.39, 0.29) is 26.1 Å². The maximum Gasteiger partial charge on any atom is 0.330 e. The van der Waals surface area contributed by atoms with E-state index in [0.29, 0.717) is 12.2 Å². The lowest BCUT2D eigenvalue weighted by atomic mass is 10.0.